The van der Waals surface area contributed by atoms with Crippen LogP contribution in [0.2, 0.25) is 0 Å². The first-order chi connectivity index (χ1) is 4.70. The summed E-state index contributed by atoms with van der Waals surface area (Å²) < 4.78 is 4.61. The highest BCUT2D eigenvalue weighted by atomic mass is 35.5. The molecule has 0 aromatic carbocycles. The summed E-state index contributed by atoms with van der Waals surface area (Å²) in [5.74, 6) is -0.366. The van der Waals surface area contributed by atoms with E-state index in [-0.39, 0.29) is 5.97 Å². The third kappa shape index (κ3) is 4.39. The third-order valence-corrected chi connectivity index (χ3v) is 1.28. The van der Waals surface area contributed by atoms with Gasteiger partial charge in [0.25, 0.3) is 0 Å². The van der Waals surface area contributed by atoms with Crippen molar-refractivity contribution in [3.05, 3.63) is 11.1 Å². The van der Waals surface area contributed by atoms with E-state index in [1.165, 1.54) is 6.08 Å². The number of hydrogen-bond acceptors (Lipinski definition) is 2. The van der Waals surface area contributed by atoms with Crippen molar-refractivity contribution in [3.63, 3.8) is 0 Å². The van der Waals surface area contributed by atoms with Crippen molar-refractivity contribution < 1.29 is 9.53 Å². The molecule has 0 bridgehead atoms. The second-order valence-corrected chi connectivity index (χ2v) is 2.18. The van der Waals surface area contributed by atoms with Crippen molar-refractivity contribution in [3.8, 4) is 0 Å². The summed E-state index contributed by atoms with van der Waals surface area (Å²) >= 11 is 5.56. The van der Waals surface area contributed by atoms with Crippen LogP contribution < -0.4 is 0 Å². The van der Waals surface area contributed by atoms with E-state index in [4.69, 9.17) is 11.6 Å². The van der Waals surface area contributed by atoms with Gasteiger partial charge in [0.05, 0.1) is 6.61 Å². The maximum atomic E-state index is 10.6. The fraction of sp³-hybridized carbons (Fsp3) is 0.571. The lowest BCUT2D eigenvalue weighted by Gasteiger charge is -1.95. The maximum absolute atomic E-state index is 10.6. The van der Waals surface area contributed by atoms with Crippen molar-refractivity contribution in [1.29, 1.82) is 0 Å². The monoisotopic (exact) mass is 162 g/mol. The van der Waals surface area contributed by atoms with Crippen LogP contribution >= 0.6 is 11.6 Å². The van der Waals surface area contributed by atoms with E-state index in [9.17, 15) is 4.79 Å². The maximum Gasteiger partial charge on any atom is 0.331 e. The second-order valence-electron chi connectivity index (χ2n) is 1.70. The minimum Gasteiger partial charge on any atom is -0.463 e. The Balaban J connectivity index is 3.75. The zero-order valence-electron chi connectivity index (χ0n) is 6.19. The molecule has 0 unspecified atom stereocenters. The van der Waals surface area contributed by atoms with Crippen LogP contribution in [0.3, 0.4) is 0 Å². The Hall–Kier alpha value is -0.500. The van der Waals surface area contributed by atoms with Gasteiger partial charge in [-0.15, -0.1) is 0 Å². The van der Waals surface area contributed by atoms with Gasteiger partial charge in [-0.05, 0) is 13.3 Å². The zero-order valence-corrected chi connectivity index (χ0v) is 6.94. The lowest BCUT2D eigenvalue weighted by Crippen LogP contribution is -1.99. The Morgan fingerprint density at radius 2 is 2.20 bits per heavy atom. The van der Waals surface area contributed by atoms with E-state index in [1.807, 2.05) is 6.92 Å². The van der Waals surface area contributed by atoms with E-state index < -0.39 is 0 Å². The molecule has 58 valence electrons. The first kappa shape index (κ1) is 9.50. The molecular formula is C7H11ClO2. The van der Waals surface area contributed by atoms with Gasteiger partial charge in [0.2, 0.25) is 0 Å². The summed E-state index contributed by atoms with van der Waals surface area (Å²) in [5.41, 5.74) is 0. The molecule has 0 aliphatic heterocycles. The first-order valence-electron chi connectivity index (χ1n) is 3.23. The minimum absolute atomic E-state index is 0.366. The Morgan fingerprint density at radius 1 is 1.60 bits per heavy atom. The lowest BCUT2D eigenvalue weighted by atomic mass is 10.4. The predicted molar refractivity (Wildman–Crippen MR) is 40.9 cm³/mol. The Bertz CT molecular complexity index is 141. The minimum atomic E-state index is -0.366. The number of hydrogen-bond donors (Lipinski definition) is 0. The Kier molecular flexibility index (Phi) is 5.03. The first-order valence-corrected chi connectivity index (χ1v) is 3.61. The average molecular weight is 163 g/mol. The molecular weight excluding hydrogens is 152 g/mol. The van der Waals surface area contributed by atoms with Gasteiger partial charge in [-0.25, -0.2) is 4.79 Å². The van der Waals surface area contributed by atoms with E-state index in [0.29, 0.717) is 18.1 Å². The second kappa shape index (κ2) is 5.30. The van der Waals surface area contributed by atoms with E-state index in [0.717, 1.165) is 0 Å². The largest absolute Gasteiger partial charge is 0.463 e. The quantitative estimate of drug-likeness (QED) is 0.469. The van der Waals surface area contributed by atoms with Crippen LogP contribution in [0.5, 0.6) is 0 Å². The van der Waals surface area contributed by atoms with Crippen LogP contribution in [-0.2, 0) is 9.53 Å². The molecule has 0 spiro atoms. The Morgan fingerprint density at radius 3 is 2.60 bits per heavy atom. The van der Waals surface area contributed by atoms with E-state index >= 15 is 0 Å². The Labute approximate surface area is 65.8 Å². The van der Waals surface area contributed by atoms with Gasteiger partial charge < -0.3 is 4.74 Å². The van der Waals surface area contributed by atoms with Crippen molar-refractivity contribution in [2.45, 2.75) is 20.3 Å². The van der Waals surface area contributed by atoms with Crippen LogP contribution in [0.25, 0.3) is 0 Å². The van der Waals surface area contributed by atoms with Gasteiger partial charge in [0.15, 0.2) is 0 Å². The molecule has 0 fully saturated rings. The molecule has 0 atom stereocenters. The third-order valence-electron chi connectivity index (χ3n) is 0.899. The van der Waals surface area contributed by atoms with Crippen molar-refractivity contribution in [2.75, 3.05) is 6.61 Å². The van der Waals surface area contributed by atoms with Gasteiger partial charge in [0, 0.05) is 11.1 Å². The number of halogens is 1. The van der Waals surface area contributed by atoms with Crippen LogP contribution in [0.4, 0.5) is 0 Å². The molecule has 0 aromatic heterocycles. The summed E-state index contributed by atoms with van der Waals surface area (Å²) in [7, 11) is 0. The number of ether oxygens (including phenoxy) is 1. The molecule has 0 radical (unpaired) electrons. The highest BCUT2D eigenvalue weighted by Gasteiger charge is 1.96. The van der Waals surface area contributed by atoms with E-state index in [2.05, 4.69) is 4.74 Å². The van der Waals surface area contributed by atoms with Gasteiger partial charge in [-0.1, -0.05) is 18.5 Å². The molecule has 2 nitrogen and oxygen atoms in total. The van der Waals surface area contributed by atoms with E-state index in [1.54, 1.807) is 6.92 Å². The lowest BCUT2D eigenvalue weighted by molar-refractivity contribution is -0.137. The highest BCUT2D eigenvalue weighted by Crippen LogP contribution is 2.05. The SMILES string of the molecule is CCOC(=O)C=C(Cl)CC. The highest BCUT2D eigenvalue weighted by molar-refractivity contribution is 6.30. The molecule has 0 aliphatic rings. The van der Waals surface area contributed by atoms with Crippen molar-refractivity contribution in [1.82, 2.24) is 0 Å². The molecule has 0 N–H and O–H groups in total. The normalized spacial score (nSPS) is 11.3. The number of carbonyl (C=O) groups is 1. The van der Waals surface area contributed by atoms with Crippen LogP contribution in [0.1, 0.15) is 20.3 Å². The van der Waals surface area contributed by atoms with Crippen LogP contribution in [0, 0.1) is 0 Å². The number of allylic oxidation sites excluding steroid dienone is 1. The predicted octanol–water partition coefficient (Wildman–Crippen LogP) is 2.08. The van der Waals surface area contributed by atoms with Gasteiger partial charge >= 0.3 is 5.97 Å². The molecule has 10 heavy (non-hydrogen) atoms. The van der Waals surface area contributed by atoms with Gasteiger partial charge in [-0.2, -0.15) is 0 Å². The van der Waals surface area contributed by atoms with Gasteiger partial charge in [-0.3, -0.25) is 0 Å². The molecule has 0 amide bonds. The van der Waals surface area contributed by atoms with Gasteiger partial charge in [0.1, 0.15) is 0 Å². The molecule has 0 rings (SSSR count). The molecule has 0 saturated carbocycles. The number of carbonyl (C=O) groups excluding carboxylic acids is 1. The van der Waals surface area contributed by atoms with Crippen molar-refractivity contribution in [2.24, 2.45) is 0 Å². The molecule has 0 aromatic rings. The topological polar surface area (TPSA) is 26.3 Å². The smallest absolute Gasteiger partial charge is 0.331 e. The fourth-order valence-corrected chi connectivity index (χ4v) is 0.503. The average Bonchev–Trinajstić information content (AvgIpc) is 1.88. The van der Waals surface area contributed by atoms with Crippen LogP contribution in [0.15, 0.2) is 11.1 Å². The zero-order chi connectivity index (χ0) is 7.98. The number of rotatable bonds is 3. The van der Waals surface area contributed by atoms with Crippen LogP contribution in [-0.4, -0.2) is 12.6 Å². The fourth-order valence-electron chi connectivity index (χ4n) is 0.414. The standard InChI is InChI=1S/C7H11ClO2/c1-3-6(8)5-7(9)10-4-2/h5H,3-4H2,1-2H3. The molecule has 0 saturated heterocycles. The number of esters is 1. The summed E-state index contributed by atoms with van der Waals surface area (Å²) in [6.45, 7) is 4.02. The summed E-state index contributed by atoms with van der Waals surface area (Å²) in [4.78, 5) is 10.6. The molecule has 3 heteroatoms. The summed E-state index contributed by atoms with van der Waals surface area (Å²) in [6.07, 6.45) is 1.96. The molecule has 0 aliphatic carbocycles. The molecule has 0 heterocycles. The summed E-state index contributed by atoms with van der Waals surface area (Å²) in [5, 5.41) is 0.526. The summed E-state index contributed by atoms with van der Waals surface area (Å²) in [6, 6.07) is 0. The van der Waals surface area contributed by atoms with Crippen molar-refractivity contribution >= 4 is 17.6 Å².